The minimum Gasteiger partial charge on any atom is -0.462 e. The number of ether oxygens (including phenoxy) is 2. The summed E-state index contributed by atoms with van der Waals surface area (Å²) in [7, 11) is -10.6. The van der Waals surface area contributed by atoms with E-state index in [1.165, 1.54) is 51.4 Å². The van der Waals surface area contributed by atoms with Gasteiger partial charge >= 0.3 is 27.6 Å². The first-order chi connectivity index (χ1) is 25.6. The molecule has 0 aliphatic heterocycles. The number of esters is 2. The number of carbonyl (C=O) groups excluding carboxylic acids is 2. The Morgan fingerprint density at radius 1 is 0.574 bits per heavy atom. The lowest BCUT2D eigenvalue weighted by Gasteiger charge is -2.43. The largest absolute Gasteiger partial charge is 0.472 e. The molecule has 8 atom stereocenters. The first kappa shape index (κ1) is 51.4. The maximum absolute atomic E-state index is 12.9. The molecule has 0 saturated heterocycles. The van der Waals surface area contributed by atoms with Crippen molar-refractivity contribution >= 4 is 40.2 Å². The zero-order valence-electron chi connectivity index (χ0n) is 31.9. The fraction of sp³-hybridized carbons (Fsp3) is 0.943. The Bertz CT molecular complexity index is 1100. The van der Waals surface area contributed by atoms with Crippen molar-refractivity contribution in [3.8, 4) is 0 Å². The van der Waals surface area contributed by atoms with Gasteiger partial charge in [0, 0.05) is 12.8 Å². The maximum Gasteiger partial charge on any atom is 0.472 e. The van der Waals surface area contributed by atoms with Crippen molar-refractivity contribution in [2.45, 2.75) is 191 Å². The smallest absolute Gasteiger partial charge is 0.462 e. The third kappa shape index (κ3) is 24.2. The van der Waals surface area contributed by atoms with E-state index in [4.69, 9.17) is 28.3 Å². The molecule has 0 aromatic heterocycles. The molecule has 0 radical (unpaired) electrons. The molecular weight excluding hydrogens is 770 g/mol. The van der Waals surface area contributed by atoms with E-state index in [2.05, 4.69) is 24.1 Å². The molecule has 320 valence electrons. The summed E-state index contributed by atoms with van der Waals surface area (Å²) in [6.45, 7) is 0.870. The highest BCUT2D eigenvalue weighted by molar-refractivity contribution is 7.80. The first-order valence-corrected chi connectivity index (χ1v) is 23.4. The highest BCUT2D eigenvalue weighted by atomic mass is 32.1. The van der Waals surface area contributed by atoms with Crippen molar-refractivity contribution in [3.05, 3.63) is 0 Å². The SMILES string of the molecule is CCCCCCCCCCCCCCCC(=O)O[C@@H](COC(=O)CCCCCCCCCS)COP(=O)(O)OC1C(O)[C@@H](O)C(O)[C@@H](OP(=O)(O)O)[C@H]1O. The van der Waals surface area contributed by atoms with Crippen molar-refractivity contribution in [1.29, 1.82) is 0 Å². The van der Waals surface area contributed by atoms with Gasteiger partial charge < -0.3 is 44.6 Å². The van der Waals surface area contributed by atoms with Crippen LogP contribution in [0.4, 0.5) is 0 Å². The van der Waals surface area contributed by atoms with Crippen LogP contribution in [0.15, 0.2) is 0 Å². The second-order valence-electron chi connectivity index (χ2n) is 14.1. The Labute approximate surface area is 326 Å². The van der Waals surface area contributed by atoms with Gasteiger partial charge in [-0.05, 0) is 25.0 Å². The van der Waals surface area contributed by atoms with Gasteiger partial charge in [-0.15, -0.1) is 0 Å². The van der Waals surface area contributed by atoms with Gasteiger partial charge in [0.05, 0.1) is 6.61 Å². The van der Waals surface area contributed by atoms with Gasteiger partial charge in [-0.3, -0.25) is 23.2 Å². The van der Waals surface area contributed by atoms with Gasteiger partial charge in [-0.1, -0.05) is 116 Å². The number of aliphatic hydroxyl groups is 4. The lowest BCUT2D eigenvalue weighted by molar-refractivity contribution is -0.216. The summed E-state index contributed by atoms with van der Waals surface area (Å²) in [5, 5.41) is 41.0. The topological polar surface area (TPSA) is 256 Å². The van der Waals surface area contributed by atoms with Gasteiger partial charge in [-0.25, -0.2) is 9.13 Å². The zero-order valence-corrected chi connectivity index (χ0v) is 34.5. The number of rotatable bonds is 33. The number of hydrogen-bond donors (Lipinski definition) is 8. The van der Waals surface area contributed by atoms with Crippen molar-refractivity contribution in [2.75, 3.05) is 19.0 Å². The number of unbranched alkanes of at least 4 members (excludes halogenated alkanes) is 18. The van der Waals surface area contributed by atoms with Crippen LogP contribution >= 0.6 is 28.3 Å². The fourth-order valence-electron chi connectivity index (χ4n) is 6.12. The molecule has 0 aromatic carbocycles. The van der Waals surface area contributed by atoms with Crippen molar-refractivity contribution in [1.82, 2.24) is 0 Å². The summed E-state index contributed by atoms with van der Waals surface area (Å²) in [4.78, 5) is 53.8. The molecule has 0 heterocycles. The number of carbonyl (C=O) groups is 2. The van der Waals surface area contributed by atoms with Gasteiger partial charge in [0.15, 0.2) is 6.10 Å². The van der Waals surface area contributed by atoms with Crippen LogP contribution in [0.5, 0.6) is 0 Å². The summed E-state index contributed by atoms with van der Waals surface area (Å²) in [5.74, 6) is -0.361. The molecule has 1 fully saturated rings. The Morgan fingerprint density at radius 2 is 1.00 bits per heavy atom. The van der Waals surface area contributed by atoms with Gasteiger partial charge in [-0.2, -0.15) is 12.6 Å². The summed E-state index contributed by atoms with van der Waals surface area (Å²) in [6, 6.07) is 0. The van der Waals surface area contributed by atoms with Crippen LogP contribution in [-0.4, -0.2) is 109 Å². The molecule has 7 N–H and O–H groups in total. The molecule has 1 saturated carbocycles. The molecule has 4 unspecified atom stereocenters. The fourth-order valence-corrected chi connectivity index (χ4v) is 7.89. The third-order valence-corrected chi connectivity index (χ3v) is 11.1. The first-order valence-electron chi connectivity index (χ1n) is 19.7. The summed E-state index contributed by atoms with van der Waals surface area (Å²) in [6.07, 6.45) is 6.70. The monoisotopic (exact) mass is 838 g/mol. The molecule has 54 heavy (non-hydrogen) atoms. The predicted molar refractivity (Wildman–Crippen MR) is 204 cm³/mol. The van der Waals surface area contributed by atoms with Crippen molar-refractivity contribution in [2.24, 2.45) is 0 Å². The quantitative estimate of drug-likeness (QED) is 0.0178. The summed E-state index contributed by atoms with van der Waals surface area (Å²) >= 11 is 4.20. The van der Waals surface area contributed by atoms with Crippen molar-refractivity contribution in [3.63, 3.8) is 0 Å². The van der Waals surface area contributed by atoms with E-state index in [1.807, 2.05) is 0 Å². The molecule has 0 aromatic rings. The second kappa shape index (κ2) is 29.5. The number of phosphoric ester groups is 2. The lowest BCUT2D eigenvalue weighted by atomic mass is 9.85. The van der Waals surface area contributed by atoms with Gasteiger partial charge in [0.25, 0.3) is 0 Å². The number of hydrogen-bond acceptors (Lipinski definition) is 14. The Morgan fingerprint density at radius 3 is 1.46 bits per heavy atom. The van der Waals surface area contributed by atoms with E-state index in [9.17, 15) is 44.0 Å². The Balaban J connectivity index is 2.67. The highest BCUT2D eigenvalue weighted by Crippen LogP contribution is 2.49. The molecule has 0 spiro atoms. The van der Waals surface area contributed by atoms with E-state index in [0.717, 1.165) is 70.0 Å². The zero-order chi connectivity index (χ0) is 40.4. The Hall–Kier alpha value is -0.650. The van der Waals surface area contributed by atoms with Crippen LogP contribution in [0.3, 0.4) is 0 Å². The van der Waals surface area contributed by atoms with E-state index in [1.54, 1.807) is 0 Å². The van der Waals surface area contributed by atoms with E-state index >= 15 is 0 Å². The molecule has 1 aliphatic rings. The molecule has 0 amide bonds. The minimum absolute atomic E-state index is 0.0467. The predicted octanol–water partition coefficient (Wildman–Crippen LogP) is 5.41. The molecule has 1 aliphatic carbocycles. The molecule has 1 rings (SSSR count). The van der Waals surface area contributed by atoms with E-state index < -0.39 is 83.5 Å². The molecule has 19 heteroatoms. The molecule has 0 bridgehead atoms. The van der Waals surface area contributed by atoms with Crippen LogP contribution in [0.25, 0.3) is 0 Å². The number of aliphatic hydroxyl groups excluding tert-OH is 4. The van der Waals surface area contributed by atoms with Crippen LogP contribution in [0.1, 0.15) is 148 Å². The molecule has 16 nitrogen and oxygen atoms in total. The summed E-state index contributed by atoms with van der Waals surface area (Å²) in [5.41, 5.74) is 0. The standard InChI is InChI=1S/C35H68O16P2S/c1-2-3-4-5-6-7-8-9-10-11-13-17-20-23-29(37)49-27(25-47-28(36)22-19-16-14-12-15-18-21-24-54)26-48-53(45,46)51-35-32(40)30(38)31(39)34(33(35)41)50-52(42,43)44/h27,30-35,38-41,54H,2-26H2,1H3,(H,45,46)(H2,42,43,44)/t27-,30-,31?,32?,33+,34+,35?/m0/s1. The lowest BCUT2D eigenvalue weighted by Crippen LogP contribution is -2.64. The van der Waals surface area contributed by atoms with Crippen LogP contribution < -0.4 is 0 Å². The maximum atomic E-state index is 12.9. The highest BCUT2D eigenvalue weighted by Gasteiger charge is 2.54. The Kier molecular flexibility index (Phi) is 28.1. The van der Waals surface area contributed by atoms with Crippen LogP contribution in [0, 0.1) is 0 Å². The summed E-state index contributed by atoms with van der Waals surface area (Å²) < 4.78 is 49.0. The van der Waals surface area contributed by atoms with Crippen molar-refractivity contribution < 1.29 is 76.9 Å². The third-order valence-electron chi connectivity index (χ3n) is 9.24. The van der Waals surface area contributed by atoms with Gasteiger partial charge in [0.2, 0.25) is 0 Å². The molecular formula is C35H68O16P2S. The van der Waals surface area contributed by atoms with E-state index in [-0.39, 0.29) is 12.8 Å². The average Bonchev–Trinajstić information content (AvgIpc) is 3.11. The average molecular weight is 839 g/mol. The number of phosphoric acid groups is 2. The number of thiol groups is 1. The van der Waals surface area contributed by atoms with Crippen LogP contribution in [0.2, 0.25) is 0 Å². The normalized spacial score (nSPS) is 23.5. The second-order valence-corrected chi connectivity index (χ2v) is 17.1. The van der Waals surface area contributed by atoms with Crippen LogP contribution in [-0.2, 0) is 41.8 Å². The minimum atomic E-state index is -5.35. The van der Waals surface area contributed by atoms with Gasteiger partial charge in [0.1, 0.15) is 43.2 Å². The van der Waals surface area contributed by atoms with E-state index in [0.29, 0.717) is 12.8 Å².